The van der Waals surface area contributed by atoms with Crippen LogP contribution in [0.1, 0.15) is 29.8 Å². The summed E-state index contributed by atoms with van der Waals surface area (Å²) in [6.07, 6.45) is 1.02. The minimum Gasteiger partial charge on any atom is -0.485 e. The number of hydrogen-bond acceptors (Lipinski definition) is 4. The molecular formula is C15H14FNO3. The number of rotatable bonds is 2. The highest BCUT2D eigenvalue weighted by atomic mass is 19.1. The van der Waals surface area contributed by atoms with E-state index in [2.05, 4.69) is 4.98 Å². The number of aliphatic hydroxyl groups excluding tert-OH is 1. The van der Waals surface area contributed by atoms with Gasteiger partial charge in [0.15, 0.2) is 0 Å². The summed E-state index contributed by atoms with van der Waals surface area (Å²) in [5, 5.41) is 10.1. The molecule has 2 aromatic rings. The van der Waals surface area contributed by atoms with E-state index in [-0.39, 0.29) is 11.9 Å². The van der Waals surface area contributed by atoms with Crippen LogP contribution < -0.4 is 9.47 Å². The van der Waals surface area contributed by atoms with Gasteiger partial charge in [-0.25, -0.2) is 9.37 Å². The quantitative estimate of drug-likeness (QED) is 0.915. The Morgan fingerprint density at radius 3 is 2.90 bits per heavy atom. The minimum atomic E-state index is -0.675. The molecule has 1 aliphatic heterocycles. The maximum atomic E-state index is 13.3. The first-order valence-corrected chi connectivity index (χ1v) is 6.31. The van der Waals surface area contributed by atoms with Crippen LogP contribution >= 0.6 is 0 Å². The number of methoxy groups -OCH3 is 1. The van der Waals surface area contributed by atoms with Crippen LogP contribution in [0.2, 0.25) is 0 Å². The molecule has 0 radical (unpaired) electrons. The lowest BCUT2D eigenvalue weighted by molar-refractivity contribution is 0.0652. The molecule has 0 amide bonds. The lowest BCUT2D eigenvalue weighted by Crippen LogP contribution is -2.19. The second-order valence-electron chi connectivity index (χ2n) is 4.67. The fourth-order valence-corrected chi connectivity index (χ4v) is 2.32. The number of aromatic nitrogens is 1. The van der Waals surface area contributed by atoms with E-state index in [0.29, 0.717) is 23.6 Å². The molecule has 2 heterocycles. The van der Waals surface area contributed by atoms with Gasteiger partial charge in [0.2, 0.25) is 5.88 Å². The lowest BCUT2D eigenvalue weighted by atomic mass is 9.96. The zero-order valence-electron chi connectivity index (χ0n) is 10.9. The average Bonchev–Trinajstić information content (AvgIpc) is 2.46. The van der Waals surface area contributed by atoms with Gasteiger partial charge in [0.25, 0.3) is 0 Å². The lowest BCUT2D eigenvalue weighted by Gasteiger charge is -2.29. The fraction of sp³-hybridized carbons (Fsp3) is 0.267. The van der Waals surface area contributed by atoms with Gasteiger partial charge in [0.05, 0.1) is 13.2 Å². The maximum absolute atomic E-state index is 13.3. The molecule has 0 fully saturated rings. The van der Waals surface area contributed by atoms with E-state index >= 15 is 0 Å². The zero-order chi connectivity index (χ0) is 14.1. The molecule has 20 heavy (non-hydrogen) atoms. The molecular weight excluding hydrogens is 261 g/mol. The van der Waals surface area contributed by atoms with Crippen molar-refractivity contribution in [3.8, 4) is 11.6 Å². The molecule has 2 unspecified atom stereocenters. The van der Waals surface area contributed by atoms with Crippen LogP contribution in [0, 0.1) is 5.82 Å². The Kier molecular flexibility index (Phi) is 3.28. The summed E-state index contributed by atoms with van der Waals surface area (Å²) in [5.74, 6) is 0.505. The highest BCUT2D eigenvalue weighted by Crippen LogP contribution is 2.40. The number of halogens is 1. The number of aliphatic hydroxyl groups is 1. The molecule has 0 bridgehead atoms. The Morgan fingerprint density at radius 2 is 2.20 bits per heavy atom. The maximum Gasteiger partial charge on any atom is 0.212 e. The molecule has 1 aliphatic rings. The predicted octanol–water partition coefficient (Wildman–Crippen LogP) is 2.79. The summed E-state index contributed by atoms with van der Waals surface area (Å²) in [6, 6.07) is 7.72. The summed E-state index contributed by atoms with van der Waals surface area (Å²) in [6.45, 7) is 0. The van der Waals surface area contributed by atoms with Gasteiger partial charge in [-0.1, -0.05) is 0 Å². The van der Waals surface area contributed by atoms with Crippen LogP contribution in [0.5, 0.6) is 11.6 Å². The molecule has 1 aromatic heterocycles. The van der Waals surface area contributed by atoms with Crippen molar-refractivity contribution in [3.63, 3.8) is 0 Å². The Hall–Kier alpha value is -2.14. The summed E-state index contributed by atoms with van der Waals surface area (Å²) in [7, 11) is 1.54. The molecule has 0 saturated heterocycles. The third-order valence-electron chi connectivity index (χ3n) is 3.38. The second-order valence-corrected chi connectivity index (χ2v) is 4.67. The van der Waals surface area contributed by atoms with E-state index in [0.717, 1.165) is 5.56 Å². The van der Waals surface area contributed by atoms with Crippen molar-refractivity contribution in [3.05, 3.63) is 53.5 Å². The first kappa shape index (κ1) is 12.9. The van der Waals surface area contributed by atoms with Crippen molar-refractivity contribution >= 4 is 0 Å². The van der Waals surface area contributed by atoms with E-state index in [1.54, 1.807) is 25.4 Å². The summed E-state index contributed by atoms with van der Waals surface area (Å²) >= 11 is 0. The largest absolute Gasteiger partial charge is 0.485 e. The first-order chi connectivity index (χ1) is 9.67. The van der Waals surface area contributed by atoms with E-state index in [4.69, 9.17) is 9.47 Å². The Labute approximate surface area is 115 Å². The van der Waals surface area contributed by atoms with Crippen molar-refractivity contribution < 1.29 is 19.0 Å². The fourth-order valence-electron chi connectivity index (χ4n) is 2.32. The van der Waals surface area contributed by atoms with Crippen LogP contribution in [-0.4, -0.2) is 17.2 Å². The first-order valence-electron chi connectivity index (χ1n) is 6.31. The van der Waals surface area contributed by atoms with Crippen LogP contribution in [0.25, 0.3) is 0 Å². The Bertz CT molecular complexity index is 615. The number of benzene rings is 1. The van der Waals surface area contributed by atoms with Crippen LogP contribution in [0.4, 0.5) is 4.39 Å². The molecule has 0 aliphatic carbocycles. The molecule has 0 spiro atoms. The zero-order valence-corrected chi connectivity index (χ0v) is 10.9. The van der Waals surface area contributed by atoms with E-state index < -0.39 is 6.10 Å². The van der Waals surface area contributed by atoms with Gasteiger partial charge in [-0.05, 0) is 18.2 Å². The molecule has 2 atom stereocenters. The van der Waals surface area contributed by atoms with Crippen molar-refractivity contribution in [1.29, 1.82) is 0 Å². The van der Waals surface area contributed by atoms with E-state index in [1.807, 2.05) is 6.07 Å². The van der Waals surface area contributed by atoms with E-state index in [1.165, 1.54) is 12.1 Å². The number of ether oxygens (including phenoxy) is 2. The summed E-state index contributed by atoms with van der Waals surface area (Å²) < 4.78 is 24.0. The molecule has 1 aromatic carbocycles. The van der Waals surface area contributed by atoms with E-state index in [9.17, 15) is 9.50 Å². The second kappa shape index (κ2) is 5.09. The molecule has 4 nitrogen and oxygen atoms in total. The van der Waals surface area contributed by atoms with Crippen molar-refractivity contribution in [2.24, 2.45) is 0 Å². The van der Waals surface area contributed by atoms with Gasteiger partial charge in [0.1, 0.15) is 17.7 Å². The molecule has 5 heteroatoms. The smallest absolute Gasteiger partial charge is 0.212 e. The number of fused-ring (bicyclic) bond motifs is 1. The van der Waals surface area contributed by atoms with Crippen LogP contribution in [0.15, 0.2) is 36.5 Å². The number of hydrogen-bond donors (Lipinski definition) is 1. The highest BCUT2D eigenvalue weighted by molar-refractivity contribution is 5.38. The van der Waals surface area contributed by atoms with Gasteiger partial charge in [-0.3, -0.25) is 0 Å². The predicted molar refractivity (Wildman–Crippen MR) is 70.1 cm³/mol. The minimum absolute atomic E-state index is 0.349. The number of nitrogens with zero attached hydrogens (tertiary/aromatic N) is 1. The Morgan fingerprint density at radius 1 is 1.35 bits per heavy atom. The highest BCUT2D eigenvalue weighted by Gasteiger charge is 2.28. The monoisotopic (exact) mass is 275 g/mol. The summed E-state index contributed by atoms with van der Waals surface area (Å²) in [4.78, 5) is 4.11. The van der Waals surface area contributed by atoms with Gasteiger partial charge in [-0.2, -0.15) is 0 Å². The average molecular weight is 275 g/mol. The molecule has 3 rings (SSSR count). The summed E-state index contributed by atoms with van der Waals surface area (Å²) in [5.41, 5.74) is 1.43. The molecule has 104 valence electrons. The van der Waals surface area contributed by atoms with Gasteiger partial charge >= 0.3 is 0 Å². The van der Waals surface area contributed by atoms with Crippen LogP contribution in [0.3, 0.4) is 0 Å². The molecule has 0 saturated carbocycles. The topological polar surface area (TPSA) is 51.6 Å². The third kappa shape index (κ3) is 2.32. The molecule has 1 N–H and O–H groups in total. The normalized spacial score (nSPS) is 20.9. The Balaban J connectivity index is 1.89. The van der Waals surface area contributed by atoms with Crippen LogP contribution in [-0.2, 0) is 0 Å². The standard InChI is InChI=1S/C15H14FNO3/c1-19-15-5-2-9(8-17-15)13-7-12(18)11-4-3-10(16)6-14(11)20-13/h2-6,8,12-13,18H,7H2,1H3. The van der Waals surface area contributed by atoms with Crippen molar-refractivity contribution in [1.82, 2.24) is 4.98 Å². The van der Waals surface area contributed by atoms with Crippen molar-refractivity contribution in [2.45, 2.75) is 18.6 Å². The van der Waals surface area contributed by atoms with Gasteiger partial charge in [-0.15, -0.1) is 0 Å². The van der Waals surface area contributed by atoms with Gasteiger partial charge < -0.3 is 14.6 Å². The van der Waals surface area contributed by atoms with Crippen molar-refractivity contribution in [2.75, 3.05) is 7.11 Å². The third-order valence-corrected chi connectivity index (χ3v) is 3.38. The number of pyridine rings is 1. The SMILES string of the molecule is COc1ccc(C2CC(O)c3ccc(F)cc3O2)cn1. The van der Waals surface area contributed by atoms with Gasteiger partial charge in [0, 0.05) is 35.9 Å².